The van der Waals surface area contributed by atoms with Gasteiger partial charge in [-0.25, -0.2) is 4.68 Å². The molecule has 1 aromatic heterocycles. The quantitative estimate of drug-likeness (QED) is 0.915. The minimum atomic E-state index is 0.284. The molecule has 0 saturated carbocycles. The Balaban J connectivity index is 2.51. The largest absolute Gasteiger partial charge is 0.493 e. The van der Waals surface area contributed by atoms with E-state index >= 15 is 0 Å². The molecule has 1 N–H and O–H groups in total. The van der Waals surface area contributed by atoms with Crippen molar-refractivity contribution in [2.75, 3.05) is 0 Å². The van der Waals surface area contributed by atoms with Gasteiger partial charge in [-0.1, -0.05) is 26.8 Å². The lowest BCUT2D eigenvalue weighted by molar-refractivity contribution is 0.428. The standard InChI is InChI=1S/C17H24N2O/c1-6-15-16(9-11(2)3)18-19(17(15)20)14-8-7-12(4)13(5)10-14/h7-8,10-11,20H,6,9H2,1-5H3. The van der Waals surface area contributed by atoms with Crippen LogP contribution in [0.3, 0.4) is 0 Å². The smallest absolute Gasteiger partial charge is 0.217 e. The van der Waals surface area contributed by atoms with Gasteiger partial charge in [-0.2, -0.15) is 5.10 Å². The van der Waals surface area contributed by atoms with Gasteiger partial charge >= 0.3 is 0 Å². The Kier molecular flexibility index (Phi) is 4.17. The molecule has 0 aliphatic heterocycles. The molecule has 0 amide bonds. The van der Waals surface area contributed by atoms with E-state index in [1.807, 2.05) is 6.07 Å². The molecule has 1 heterocycles. The van der Waals surface area contributed by atoms with Gasteiger partial charge in [0.25, 0.3) is 0 Å². The van der Waals surface area contributed by atoms with Gasteiger partial charge in [0.2, 0.25) is 5.88 Å². The molecule has 0 saturated heterocycles. The van der Waals surface area contributed by atoms with Gasteiger partial charge in [-0.3, -0.25) is 0 Å². The maximum atomic E-state index is 10.4. The molecule has 2 aromatic rings. The fourth-order valence-electron chi connectivity index (χ4n) is 2.44. The Morgan fingerprint density at radius 3 is 2.45 bits per heavy atom. The molecular formula is C17H24N2O. The molecule has 0 aliphatic carbocycles. The van der Waals surface area contributed by atoms with E-state index in [4.69, 9.17) is 0 Å². The van der Waals surface area contributed by atoms with Crippen molar-refractivity contribution < 1.29 is 5.11 Å². The van der Waals surface area contributed by atoms with Gasteiger partial charge in [0.1, 0.15) is 0 Å². The third-order valence-corrected chi connectivity index (χ3v) is 3.73. The fraction of sp³-hybridized carbons (Fsp3) is 0.471. The lowest BCUT2D eigenvalue weighted by atomic mass is 10.0. The van der Waals surface area contributed by atoms with Crippen molar-refractivity contribution in [3.05, 3.63) is 40.6 Å². The summed E-state index contributed by atoms with van der Waals surface area (Å²) >= 11 is 0. The molecule has 1 aromatic carbocycles. The SMILES string of the molecule is CCc1c(CC(C)C)nn(-c2ccc(C)c(C)c2)c1O. The molecule has 3 heteroatoms. The Bertz CT molecular complexity index is 612. The van der Waals surface area contributed by atoms with E-state index in [1.165, 1.54) is 11.1 Å². The van der Waals surface area contributed by atoms with E-state index in [0.717, 1.165) is 29.8 Å². The first-order valence-electron chi connectivity index (χ1n) is 7.31. The van der Waals surface area contributed by atoms with E-state index in [0.29, 0.717) is 5.92 Å². The number of nitrogens with zero attached hydrogens (tertiary/aromatic N) is 2. The van der Waals surface area contributed by atoms with Crippen LogP contribution < -0.4 is 0 Å². The number of rotatable bonds is 4. The normalized spacial score (nSPS) is 11.3. The van der Waals surface area contributed by atoms with E-state index in [9.17, 15) is 5.11 Å². The summed E-state index contributed by atoms with van der Waals surface area (Å²) in [6.45, 7) is 10.6. The topological polar surface area (TPSA) is 38.0 Å². The molecule has 0 unspecified atom stereocenters. The molecule has 0 atom stereocenters. The zero-order valence-corrected chi connectivity index (χ0v) is 13.1. The second-order valence-corrected chi connectivity index (χ2v) is 5.88. The number of hydrogen-bond donors (Lipinski definition) is 1. The molecule has 0 bridgehead atoms. The maximum absolute atomic E-state index is 10.4. The van der Waals surface area contributed by atoms with E-state index < -0.39 is 0 Å². The lowest BCUT2D eigenvalue weighted by Crippen LogP contribution is -2.00. The molecule has 0 fully saturated rings. The van der Waals surface area contributed by atoms with Crippen molar-refractivity contribution in [3.8, 4) is 11.6 Å². The van der Waals surface area contributed by atoms with Crippen LogP contribution in [-0.2, 0) is 12.8 Å². The number of aromatic nitrogens is 2. The predicted octanol–water partition coefficient (Wildman–Crippen LogP) is 3.96. The maximum Gasteiger partial charge on any atom is 0.217 e. The highest BCUT2D eigenvalue weighted by atomic mass is 16.3. The predicted molar refractivity (Wildman–Crippen MR) is 82.6 cm³/mol. The highest BCUT2D eigenvalue weighted by molar-refractivity contribution is 5.44. The van der Waals surface area contributed by atoms with Crippen molar-refractivity contribution in [2.45, 2.75) is 47.5 Å². The highest BCUT2D eigenvalue weighted by Gasteiger charge is 2.17. The van der Waals surface area contributed by atoms with Gasteiger partial charge in [0.05, 0.1) is 11.4 Å². The van der Waals surface area contributed by atoms with Crippen molar-refractivity contribution in [1.82, 2.24) is 9.78 Å². The molecule has 0 radical (unpaired) electrons. The first-order chi connectivity index (χ1) is 9.43. The number of benzene rings is 1. The van der Waals surface area contributed by atoms with Gasteiger partial charge in [-0.15, -0.1) is 0 Å². The minimum absolute atomic E-state index is 0.284. The molecular weight excluding hydrogens is 248 g/mol. The van der Waals surface area contributed by atoms with Gasteiger partial charge < -0.3 is 5.11 Å². The van der Waals surface area contributed by atoms with Crippen LogP contribution in [0.5, 0.6) is 5.88 Å². The van der Waals surface area contributed by atoms with Crippen molar-refractivity contribution in [1.29, 1.82) is 0 Å². The Labute approximate surface area is 121 Å². The zero-order chi connectivity index (χ0) is 14.9. The third-order valence-electron chi connectivity index (χ3n) is 3.73. The van der Waals surface area contributed by atoms with Crippen molar-refractivity contribution in [3.63, 3.8) is 0 Å². The average Bonchev–Trinajstić information content (AvgIpc) is 2.68. The second-order valence-electron chi connectivity index (χ2n) is 5.88. The van der Waals surface area contributed by atoms with Crippen LogP contribution in [0.2, 0.25) is 0 Å². The van der Waals surface area contributed by atoms with Gasteiger partial charge in [0.15, 0.2) is 0 Å². The van der Waals surface area contributed by atoms with Gasteiger partial charge in [0, 0.05) is 5.56 Å². The minimum Gasteiger partial charge on any atom is -0.493 e. The summed E-state index contributed by atoms with van der Waals surface area (Å²) in [6, 6.07) is 6.15. The Morgan fingerprint density at radius 2 is 1.90 bits per heavy atom. The summed E-state index contributed by atoms with van der Waals surface area (Å²) in [5.41, 5.74) is 5.37. The Hall–Kier alpha value is -1.77. The van der Waals surface area contributed by atoms with E-state index in [2.05, 4.69) is 51.9 Å². The van der Waals surface area contributed by atoms with E-state index in [-0.39, 0.29) is 5.88 Å². The summed E-state index contributed by atoms with van der Waals surface area (Å²) in [7, 11) is 0. The molecule has 0 spiro atoms. The van der Waals surface area contributed by atoms with Crippen molar-refractivity contribution >= 4 is 0 Å². The highest BCUT2D eigenvalue weighted by Crippen LogP contribution is 2.27. The van der Waals surface area contributed by atoms with Crippen LogP contribution >= 0.6 is 0 Å². The van der Waals surface area contributed by atoms with Crippen LogP contribution in [0.1, 0.15) is 43.2 Å². The summed E-state index contributed by atoms with van der Waals surface area (Å²) in [6.07, 6.45) is 1.70. The van der Waals surface area contributed by atoms with Gasteiger partial charge in [-0.05, 0) is 55.9 Å². The fourth-order valence-corrected chi connectivity index (χ4v) is 2.44. The molecule has 108 valence electrons. The molecule has 3 nitrogen and oxygen atoms in total. The summed E-state index contributed by atoms with van der Waals surface area (Å²) in [4.78, 5) is 0. The second kappa shape index (κ2) is 5.70. The van der Waals surface area contributed by atoms with Crippen LogP contribution in [0.15, 0.2) is 18.2 Å². The van der Waals surface area contributed by atoms with Crippen LogP contribution in [0.4, 0.5) is 0 Å². The molecule has 20 heavy (non-hydrogen) atoms. The van der Waals surface area contributed by atoms with Crippen LogP contribution in [0.25, 0.3) is 5.69 Å². The van der Waals surface area contributed by atoms with Crippen LogP contribution in [-0.4, -0.2) is 14.9 Å². The summed E-state index contributed by atoms with van der Waals surface area (Å²) < 4.78 is 1.67. The number of aryl methyl sites for hydroxylation is 2. The van der Waals surface area contributed by atoms with Crippen molar-refractivity contribution in [2.24, 2.45) is 5.92 Å². The Morgan fingerprint density at radius 1 is 1.20 bits per heavy atom. The zero-order valence-electron chi connectivity index (χ0n) is 13.1. The first-order valence-corrected chi connectivity index (χ1v) is 7.31. The molecule has 0 aliphatic rings. The monoisotopic (exact) mass is 272 g/mol. The summed E-state index contributed by atoms with van der Waals surface area (Å²) in [5, 5.41) is 15.1. The summed E-state index contributed by atoms with van der Waals surface area (Å²) in [5.74, 6) is 0.814. The first kappa shape index (κ1) is 14.6. The molecule has 2 rings (SSSR count). The number of aromatic hydroxyl groups is 1. The van der Waals surface area contributed by atoms with Crippen LogP contribution in [0, 0.1) is 19.8 Å². The third kappa shape index (κ3) is 2.72. The van der Waals surface area contributed by atoms with E-state index in [1.54, 1.807) is 4.68 Å². The average molecular weight is 272 g/mol. The number of hydrogen-bond acceptors (Lipinski definition) is 2. The lowest BCUT2D eigenvalue weighted by Gasteiger charge is -2.06.